The van der Waals surface area contributed by atoms with Gasteiger partial charge in [0, 0.05) is 15.5 Å². The van der Waals surface area contributed by atoms with Gasteiger partial charge in [-0.1, -0.05) is 37.2 Å². The number of halogens is 1. The van der Waals surface area contributed by atoms with E-state index in [0.717, 1.165) is 45.7 Å². The molecule has 7 heteroatoms. The zero-order valence-electron chi connectivity index (χ0n) is 16.7. The highest BCUT2D eigenvalue weighted by Crippen LogP contribution is 2.45. The highest BCUT2D eigenvalue weighted by Gasteiger charge is 2.25. The number of carbonyl (C=O) groups excluding carboxylic acids is 2. The van der Waals surface area contributed by atoms with Gasteiger partial charge in [-0.2, -0.15) is 0 Å². The molecule has 0 bridgehead atoms. The summed E-state index contributed by atoms with van der Waals surface area (Å²) in [7, 11) is 0. The summed E-state index contributed by atoms with van der Waals surface area (Å²) in [5.74, 6) is -1.20. The normalized spacial score (nSPS) is 12.7. The van der Waals surface area contributed by atoms with Crippen molar-refractivity contribution in [3.8, 4) is 5.75 Å². The number of phenolic OH excluding ortho intramolecular Hbond substituents is 1. The predicted octanol–water partition coefficient (Wildman–Crippen LogP) is 5.31. The Hall–Kier alpha value is -2.18. The fourth-order valence-corrected chi connectivity index (χ4v) is 4.88. The maximum Gasteiger partial charge on any atom is 0.397 e. The molecule has 1 amide bonds. The Morgan fingerprint density at radius 1 is 1.24 bits per heavy atom. The van der Waals surface area contributed by atoms with E-state index in [1.165, 1.54) is 0 Å². The van der Waals surface area contributed by atoms with Gasteiger partial charge in [-0.05, 0) is 73.1 Å². The van der Waals surface area contributed by atoms with E-state index < -0.39 is 11.9 Å². The summed E-state index contributed by atoms with van der Waals surface area (Å²) in [5.41, 5.74) is 3.57. The van der Waals surface area contributed by atoms with Gasteiger partial charge in [0.25, 0.3) is 0 Å². The van der Waals surface area contributed by atoms with Crippen molar-refractivity contribution >= 4 is 40.9 Å². The smallest absolute Gasteiger partial charge is 0.397 e. The van der Waals surface area contributed by atoms with E-state index in [1.807, 2.05) is 26.0 Å². The van der Waals surface area contributed by atoms with Gasteiger partial charge in [0.05, 0.1) is 11.6 Å². The summed E-state index contributed by atoms with van der Waals surface area (Å²) < 4.78 is 4.76. The molecular formula is C22H24ClNO4S. The van der Waals surface area contributed by atoms with Crippen molar-refractivity contribution < 1.29 is 19.4 Å². The van der Waals surface area contributed by atoms with Crippen LogP contribution in [0.5, 0.6) is 5.75 Å². The van der Waals surface area contributed by atoms with E-state index in [1.54, 1.807) is 30.8 Å². The van der Waals surface area contributed by atoms with Crippen molar-refractivity contribution in [2.75, 3.05) is 11.9 Å². The Morgan fingerprint density at radius 2 is 1.97 bits per heavy atom. The van der Waals surface area contributed by atoms with Gasteiger partial charge in [0.15, 0.2) is 0 Å². The lowest BCUT2D eigenvalue weighted by molar-refractivity contribution is -0.152. The molecule has 0 fully saturated rings. The molecule has 2 aromatic carbocycles. The molecule has 2 N–H and O–H groups in total. The average molecular weight is 434 g/mol. The highest BCUT2D eigenvalue weighted by molar-refractivity contribution is 7.99. The molecular weight excluding hydrogens is 410 g/mol. The van der Waals surface area contributed by atoms with Gasteiger partial charge >= 0.3 is 11.9 Å². The van der Waals surface area contributed by atoms with Gasteiger partial charge in [0.1, 0.15) is 5.75 Å². The first kappa shape index (κ1) is 21.5. The van der Waals surface area contributed by atoms with Crippen molar-refractivity contribution in [2.24, 2.45) is 0 Å². The summed E-state index contributed by atoms with van der Waals surface area (Å²) in [5, 5.41) is 13.2. The summed E-state index contributed by atoms with van der Waals surface area (Å²) in [6.07, 6.45) is 2.62. The van der Waals surface area contributed by atoms with Gasteiger partial charge < -0.3 is 15.2 Å². The quantitative estimate of drug-likeness (QED) is 0.493. The number of hydrogen-bond donors (Lipinski definition) is 2. The monoisotopic (exact) mass is 433 g/mol. The Kier molecular flexibility index (Phi) is 6.75. The number of esters is 1. The Bertz CT molecular complexity index is 958. The molecule has 0 atom stereocenters. The SMILES string of the molecule is CCOC(=O)C(=O)Nc1cc(Cl)c(Sc2ccc(O)c(C(C)C)c2)c2c1CCC2. The number of carbonyl (C=O) groups is 2. The minimum Gasteiger partial charge on any atom is -0.508 e. The minimum absolute atomic E-state index is 0.145. The van der Waals surface area contributed by atoms with Crippen molar-refractivity contribution in [3.05, 3.63) is 46.0 Å². The fourth-order valence-electron chi connectivity index (χ4n) is 3.48. The summed E-state index contributed by atoms with van der Waals surface area (Å²) in [6.45, 7) is 5.87. The number of nitrogens with one attached hydrogen (secondary N) is 1. The number of rotatable bonds is 5. The number of hydrogen-bond acceptors (Lipinski definition) is 5. The molecule has 0 spiro atoms. The topological polar surface area (TPSA) is 75.6 Å². The first-order valence-electron chi connectivity index (χ1n) is 9.64. The number of anilines is 1. The van der Waals surface area contributed by atoms with Crippen LogP contribution in [0.25, 0.3) is 0 Å². The Balaban J connectivity index is 1.92. The van der Waals surface area contributed by atoms with Crippen molar-refractivity contribution in [3.63, 3.8) is 0 Å². The molecule has 0 saturated carbocycles. The molecule has 1 aliphatic rings. The van der Waals surface area contributed by atoms with Gasteiger partial charge in [0.2, 0.25) is 0 Å². The summed E-state index contributed by atoms with van der Waals surface area (Å²) in [6, 6.07) is 7.27. The van der Waals surface area contributed by atoms with Crippen LogP contribution in [0.15, 0.2) is 34.1 Å². The number of fused-ring (bicyclic) bond motifs is 1. The first-order chi connectivity index (χ1) is 13.8. The molecule has 5 nitrogen and oxygen atoms in total. The van der Waals surface area contributed by atoms with E-state index in [0.29, 0.717) is 10.7 Å². The lowest BCUT2D eigenvalue weighted by Gasteiger charge is -2.16. The van der Waals surface area contributed by atoms with Crippen LogP contribution in [-0.2, 0) is 27.2 Å². The Morgan fingerprint density at radius 3 is 2.66 bits per heavy atom. The number of ether oxygens (including phenoxy) is 1. The van der Waals surface area contributed by atoms with E-state index in [2.05, 4.69) is 5.32 Å². The second kappa shape index (κ2) is 9.09. The zero-order chi connectivity index (χ0) is 21.1. The number of amides is 1. The molecule has 0 saturated heterocycles. The molecule has 0 aromatic heterocycles. The molecule has 0 unspecified atom stereocenters. The third-order valence-electron chi connectivity index (χ3n) is 4.85. The lowest BCUT2D eigenvalue weighted by Crippen LogP contribution is -2.25. The van der Waals surface area contributed by atoms with E-state index in [9.17, 15) is 14.7 Å². The van der Waals surface area contributed by atoms with E-state index >= 15 is 0 Å². The molecule has 0 aliphatic heterocycles. The molecule has 154 valence electrons. The number of phenols is 1. The third-order valence-corrected chi connectivity index (χ3v) is 6.43. The molecule has 3 rings (SSSR count). The molecule has 2 aromatic rings. The van der Waals surface area contributed by atoms with Crippen LogP contribution in [-0.4, -0.2) is 23.6 Å². The second-order valence-electron chi connectivity index (χ2n) is 7.20. The predicted molar refractivity (Wildman–Crippen MR) is 115 cm³/mol. The van der Waals surface area contributed by atoms with E-state index in [4.69, 9.17) is 16.3 Å². The Labute approximate surface area is 179 Å². The fraction of sp³-hybridized carbons (Fsp3) is 0.364. The van der Waals surface area contributed by atoms with Crippen LogP contribution < -0.4 is 5.32 Å². The van der Waals surface area contributed by atoms with Gasteiger partial charge in [-0.3, -0.25) is 4.79 Å². The van der Waals surface area contributed by atoms with Crippen LogP contribution in [0.3, 0.4) is 0 Å². The largest absolute Gasteiger partial charge is 0.508 e. The van der Waals surface area contributed by atoms with E-state index in [-0.39, 0.29) is 18.3 Å². The number of aromatic hydroxyl groups is 1. The second-order valence-corrected chi connectivity index (χ2v) is 8.69. The van der Waals surface area contributed by atoms with Crippen LogP contribution in [0.4, 0.5) is 5.69 Å². The summed E-state index contributed by atoms with van der Waals surface area (Å²) in [4.78, 5) is 25.7. The van der Waals surface area contributed by atoms with Crippen LogP contribution in [0, 0.1) is 0 Å². The zero-order valence-corrected chi connectivity index (χ0v) is 18.2. The summed E-state index contributed by atoms with van der Waals surface area (Å²) >= 11 is 8.14. The van der Waals surface area contributed by atoms with Crippen LogP contribution >= 0.6 is 23.4 Å². The lowest BCUT2D eigenvalue weighted by atomic mass is 10.0. The average Bonchev–Trinajstić information content (AvgIpc) is 3.16. The maximum atomic E-state index is 12.1. The van der Waals surface area contributed by atoms with Crippen LogP contribution in [0.2, 0.25) is 5.02 Å². The first-order valence-corrected chi connectivity index (χ1v) is 10.8. The van der Waals surface area contributed by atoms with Gasteiger partial charge in [-0.25, -0.2) is 4.79 Å². The standard InChI is InChI=1S/C22H24ClNO4S/c1-4-28-22(27)21(26)24-18-11-17(23)20(15-7-5-6-14(15)18)29-13-8-9-19(25)16(10-13)12(2)3/h8-12,25H,4-7H2,1-3H3,(H,24,26). The third kappa shape index (κ3) is 4.70. The molecule has 0 heterocycles. The van der Waals surface area contributed by atoms with Gasteiger partial charge in [-0.15, -0.1) is 0 Å². The van der Waals surface area contributed by atoms with Crippen LogP contribution in [0.1, 0.15) is 49.8 Å². The molecule has 0 radical (unpaired) electrons. The molecule has 29 heavy (non-hydrogen) atoms. The van der Waals surface area contributed by atoms with Crippen molar-refractivity contribution in [1.29, 1.82) is 0 Å². The van der Waals surface area contributed by atoms with Crippen molar-refractivity contribution in [1.82, 2.24) is 0 Å². The molecule has 1 aliphatic carbocycles. The van der Waals surface area contributed by atoms with Crippen molar-refractivity contribution in [2.45, 2.75) is 55.7 Å². The number of benzene rings is 2. The highest BCUT2D eigenvalue weighted by atomic mass is 35.5. The minimum atomic E-state index is -0.904. The maximum absolute atomic E-state index is 12.1.